The number of para-hydroxylation sites is 1. The van der Waals surface area contributed by atoms with Gasteiger partial charge in [-0.1, -0.05) is 43.3 Å². The lowest BCUT2D eigenvalue weighted by molar-refractivity contribution is 0.401. The van der Waals surface area contributed by atoms with Gasteiger partial charge >= 0.3 is 5.76 Å². The molecule has 154 valence electrons. The molecule has 2 aromatic carbocycles. The second kappa shape index (κ2) is 8.85. The molecule has 0 aliphatic heterocycles. The Morgan fingerprint density at radius 3 is 2.70 bits per heavy atom. The summed E-state index contributed by atoms with van der Waals surface area (Å²) in [4.78, 5) is 16.1. The molecule has 0 amide bonds. The first kappa shape index (κ1) is 20.4. The van der Waals surface area contributed by atoms with E-state index in [2.05, 4.69) is 46.0 Å². The maximum Gasteiger partial charge on any atom is 0.434 e. The largest absolute Gasteiger partial charge is 0.434 e. The van der Waals surface area contributed by atoms with Crippen molar-refractivity contribution in [1.29, 1.82) is 0 Å². The summed E-state index contributed by atoms with van der Waals surface area (Å²) in [5, 5.41) is 7.22. The third-order valence-corrected chi connectivity index (χ3v) is 5.92. The molecule has 5 rings (SSSR count). The fourth-order valence-electron chi connectivity index (χ4n) is 3.96. The van der Waals surface area contributed by atoms with Crippen LogP contribution in [0, 0.1) is 0 Å². The smallest absolute Gasteiger partial charge is 0.391 e. The van der Waals surface area contributed by atoms with Crippen molar-refractivity contribution in [3.8, 4) is 0 Å². The minimum atomic E-state index is -0.559. The van der Waals surface area contributed by atoms with E-state index in [1.54, 1.807) is 6.20 Å². The molecule has 2 heterocycles. The van der Waals surface area contributed by atoms with Gasteiger partial charge in [0.2, 0.25) is 5.89 Å². The first-order valence-corrected chi connectivity index (χ1v) is 10.4. The van der Waals surface area contributed by atoms with Crippen LogP contribution < -0.4 is 11.5 Å². The van der Waals surface area contributed by atoms with Gasteiger partial charge in [-0.05, 0) is 48.1 Å². The van der Waals surface area contributed by atoms with Gasteiger partial charge in [0.25, 0.3) is 0 Å². The molecule has 6 nitrogen and oxygen atoms in total. The second-order valence-corrected chi connectivity index (χ2v) is 7.94. The quantitative estimate of drug-likeness (QED) is 0.432. The zero-order chi connectivity index (χ0) is 21.1. The summed E-state index contributed by atoms with van der Waals surface area (Å²) in [6.45, 7) is 2.05. The Kier molecular flexibility index (Phi) is 6.01. The number of nitrogens with zero attached hydrogens (tertiary/aromatic N) is 2. The number of pyridine rings is 1. The number of thiol groups is 1. The maximum atomic E-state index is 11.0. The van der Waals surface area contributed by atoms with Gasteiger partial charge in [0.15, 0.2) is 0 Å². The number of rotatable bonds is 3. The highest BCUT2D eigenvalue weighted by Crippen LogP contribution is 2.34. The molecule has 0 saturated carbocycles. The van der Waals surface area contributed by atoms with Crippen molar-refractivity contribution in [2.45, 2.75) is 43.0 Å². The molecule has 2 atom stereocenters. The summed E-state index contributed by atoms with van der Waals surface area (Å²) in [5.41, 5.74) is 11.2. The van der Waals surface area contributed by atoms with E-state index in [1.165, 1.54) is 23.1 Å². The molecule has 0 fully saturated rings. The van der Waals surface area contributed by atoms with Gasteiger partial charge in [0.05, 0.1) is 11.6 Å². The molecule has 0 radical (unpaired) electrons. The summed E-state index contributed by atoms with van der Waals surface area (Å²) in [7, 11) is 0. The Morgan fingerprint density at radius 1 is 1.13 bits per heavy atom. The Morgan fingerprint density at radius 2 is 1.93 bits per heavy atom. The average Bonchev–Trinajstić information content (AvgIpc) is 3.42. The third-order valence-electron chi connectivity index (χ3n) is 5.56. The molecule has 1 aliphatic carbocycles. The molecule has 7 heteroatoms. The van der Waals surface area contributed by atoms with Crippen molar-refractivity contribution < 1.29 is 4.42 Å². The van der Waals surface area contributed by atoms with Crippen molar-refractivity contribution >= 4 is 23.5 Å². The predicted octanol–water partition coefficient (Wildman–Crippen LogP) is 4.18. The number of aromatic amines is 1. The zero-order valence-electron chi connectivity index (χ0n) is 16.7. The minimum Gasteiger partial charge on any atom is -0.391 e. The molecule has 4 aromatic rings. The van der Waals surface area contributed by atoms with Crippen LogP contribution in [0.5, 0.6) is 0 Å². The van der Waals surface area contributed by atoms with Crippen LogP contribution in [0.3, 0.4) is 0 Å². The molecule has 0 saturated heterocycles. The Hall–Kier alpha value is -2.90. The zero-order valence-corrected chi connectivity index (χ0v) is 17.6. The lowest BCUT2D eigenvalue weighted by Gasteiger charge is -2.20. The van der Waals surface area contributed by atoms with Crippen LogP contribution in [0.4, 0.5) is 0 Å². The molecule has 3 N–H and O–H groups in total. The van der Waals surface area contributed by atoms with E-state index in [9.17, 15) is 4.79 Å². The van der Waals surface area contributed by atoms with Gasteiger partial charge in [-0.25, -0.2) is 9.89 Å². The number of benzene rings is 2. The van der Waals surface area contributed by atoms with Crippen LogP contribution in [0.2, 0.25) is 0 Å². The normalized spacial score (nSPS) is 14.6. The number of nitrogens with one attached hydrogen (secondary N) is 1. The Balaban J connectivity index is 0.000000168. The van der Waals surface area contributed by atoms with Crippen molar-refractivity contribution in [2.24, 2.45) is 5.73 Å². The van der Waals surface area contributed by atoms with Gasteiger partial charge in [-0.3, -0.25) is 4.98 Å². The molecule has 1 aliphatic rings. The van der Waals surface area contributed by atoms with Gasteiger partial charge in [0, 0.05) is 22.4 Å². The number of fused-ring (bicyclic) bond motifs is 2. The summed E-state index contributed by atoms with van der Waals surface area (Å²) in [6, 6.07) is 15.9. The number of hydrogen-bond acceptors (Lipinski definition) is 6. The van der Waals surface area contributed by atoms with Gasteiger partial charge in [-0.2, -0.15) is 0 Å². The Labute approximate surface area is 179 Å². The van der Waals surface area contributed by atoms with Crippen LogP contribution in [0.15, 0.2) is 68.8 Å². The maximum absolute atomic E-state index is 11.0. The Bertz CT molecular complexity index is 1210. The standard InChI is InChI=1S/C14H17N3O2.C9H7NS/c1-8(12(15)13-16-17-14(18)19-13)10-6-2-4-9-5-3-7-11(9)10;11-8-5-1-3-7-4-2-6-10-9(7)8/h2,4,6,8,12H,3,5,7,15H2,1H3,(H,17,18);1-6,11H. The van der Waals surface area contributed by atoms with Crippen LogP contribution in [0.25, 0.3) is 10.9 Å². The lowest BCUT2D eigenvalue weighted by atomic mass is 9.88. The van der Waals surface area contributed by atoms with E-state index in [0.29, 0.717) is 0 Å². The number of nitrogens with two attached hydrogens (primary N) is 1. The molecule has 30 heavy (non-hydrogen) atoms. The summed E-state index contributed by atoms with van der Waals surface area (Å²) >= 11 is 4.29. The van der Waals surface area contributed by atoms with Crippen LogP contribution in [-0.4, -0.2) is 15.2 Å². The van der Waals surface area contributed by atoms with Gasteiger partial charge < -0.3 is 10.2 Å². The van der Waals surface area contributed by atoms with E-state index < -0.39 is 11.8 Å². The van der Waals surface area contributed by atoms with Crippen molar-refractivity contribution in [3.63, 3.8) is 0 Å². The molecule has 0 spiro atoms. The van der Waals surface area contributed by atoms with Gasteiger partial charge in [0.1, 0.15) is 0 Å². The number of aryl methyl sites for hydroxylation is 1. The molecule has 2 aromatic heterocycles. The third kappa shape index (κ3) is 4.17. The number of H-pyrrole nitrogens is 1. The number of hydrogen-bond donors (Lipinski definition) is 3. The predicted molar refractivity (Wildman–Crippen MR) is 120 cm³/mol. The fraction of sp³-hybridized carbons (Fsp3) is 0.261. The van der Waals surface area contributed by atoms with Crippen LogP contribution in [0.1, 0.15) is 47.9 Å². The van der Waals surface area contributed by atoms with Crippen LogP contribution in [-0.2, 0) is 12.8 Å². The highest BCUT2D eigenvalue weighted by Gasteiger charge is 2.25. The monoisotopic (exact) mass is 420 g/mol. The first-order chi connectivity index (χ1) is 14.5. The van der Waals surface area contributed by atoms with E-state index in [1.807, 2.05) is 37.3 Å². The summed E-state index contributed by atoms with van der Waals surface area (Å²) in [6.07, 6.45) is 5.23. The van der Waals surface area contributed by atoms with E-state index in [4.69, 9.17) is 10.2 Å². The van der Waals surface area contributed by atoms with Crippen molar-refractivity contribution in [3.05, 3.63) is 87.9 Å². The van der Waals surface area contributed by atoms with E-state index >= 15 is 0 Å². The number of aromatic nitrogens is 3. The highest BCUT2D eigenvalue weighted by atomic mass is 32.1. The molecule has 0 bridgehead atoms. The van der Waals surface area contributed by atoms with E-state index in [0.717, 1.165) is 28.6 Å². The summed E-state index contributed by atoms with van der Waals surface area (Å²) in [5.74, 6) is -0.219. The molecule has 2 unspecified atom stereocenters. The first-order valence-electron chi connectivity index (χ1n) is 9.99. The highest BCUT2D eigenvalue weighted by molar-refractivity contribution is 7.80. The van der Waals surface area contributed by atoms with E-state index in [-0.39, 0.29) is 11.8 Å². The van der Waals surface area contributed by atoms with Crippen molar-refractivity contribution in [2.75, 3.05) is 0 Å². The average molecular weight is 421 g/mol. The van der Waals surface area contributed by atoms with Crippen LogP contribution >= 0.6 is 12.6 Å². The minimum absolute atomic E-state index is 0.0690. The second-order valence-electron chi connectivity index (χ2n) is 7.46. The molecular weight excluding hydrogens is 396 g/mol. The summed E-state index contributed by atoms with van der Waals surface area (Å²) < 4.78 is 4.96. The van der Waals surface area contributed by atoms with Crippen molar-refractivity contribution in [1.82, 2.24) is 15.2 Å². The van der Waals surface area contributed by atoms with Gasteiger partial charge in [-0.15, -0.1) is 17.7 Å². The topological polar surface area (TPSA) is 97.8 Å². The fourth-order valence-corrected chi connectivity index (χ4v) is 4.23. The lowest BCUT2D eigenvalue weighted by Crippen LogP contribution is -2.19. The molecular formula is C23H24N4O2S. The SMILES string of the molecule is CC(c1cccc2c1CCC2)C(N)c1n[nH]c(=O)o1.Sc1cccc2cccnc12.